The number of rotatable bonds is 3. The second kappa shape index (κ2) is 4.25. The molecule has 1 aliphatic heterocycles. The molecule has 1 aromatic carbocycles. The molecule has 1 atom stereocenters. The molecule has 0 spiro atoms. The van der Waals surface area contributed by atoms with Crippen LogP contribution >= 0.6 is 0 Å². The molecule has 0 aromatic heterocycles. The van der Waals surface area contributed by atoms with Gasteiger partial charge in [-0.05, 0) is 24.6 Å². The number of aliphatic hydroxyl groups is 1. The second-order valence-electron chi connectivity index (χ2n) is 4.50. The average molecular weight is 237 g/mol. The first-order valence-corrected chi connectivity index (χ1v) is 5.39. The fraction of sp³-hybridized carbons (Fsp3) is 0.417. The van der Waals surface area contributed by atoms with Crippen molar-refractivity contribution in [3.05, 3.63) is 29.8 Å². The standard InChI is InChI=1S/C12H15NO4/c1-12(8-14)7-13(11(16)17-12)6-9-3-2-4-10(15)5-9/h2-5,14-15H,6-8H2,1H3. The smallest absolute Gasteiger partial charge is 0.410 e. The van der Waals surface area contributed by atoms with Crippen molar-refractivity contribution in [2.45, 2.75) is 19.1 Å². The topological polar surface area (TPSA) is 70.0 Å². The minimum Gasteiger partial charge on any atom is -0.508 e. The molecule has 5 nitrogen and oxygen atoms in total. The van der Waals surface area contributed by atoms with Crippen LogP contribution < -0.4 is 0 Å². The first kappa shape index (κ1) is 11.7. The lowest BCUT2D eigenvalue weighted by atomic mass is 10.1. The van der Waals surface area contributed by atoms with Crippen LogP contribution in [0.3, 0.4) is 0 Å². The molecule has 17 heavy (non-hydrogen) atoms. The number of aromatic hydroxyl groups is 1. The van der Waals surface area contributed by atoms with Crippen molar-refractivity contribution >= 4 is 6.09 Å². The number of phenols is 1. The number of amides is 1. The van der Waals surface area contributed by atoms with Crippen molar-refractivity contribution in [2.24, 2.45) is 0 Å². The summed E-state index contributed by atoms with van der Waals surface area (Å²) >= 11 is 0. The third kappa shape index (κ3) is 2.50. The van der Waals surface area contributed by atoms with Gasteiger partial charge in [0.1, 0.15) is 5.75 Å². The molecule has 2 rings (SSSR count). The molecule has 1 heterocycles. The molecule has 2 N–H and O–H groups in total. The molecule has 1 fully saturated rings. The number of cyclic esters (lactones) is 1. The summed E-state index contributed by atoms with van der Waals surface area (Å²) < 4.78 is 5.09. The molecular formula is C12H15NO4. The molecule has 5 heteroatoms. The number of benzene rings is 1. The van der Waals surface area contributed by atoms with Crippen LogP contribution in [0.4, 0.5) is 4.79 Å². The van der Waals surface area contributed by atoms with E-state index in [1.807, 2.05) is 6.07 Å². The Kier molecular flexibility index (Phi) is 2.93. The Hall–Kier alpha value is -1.75. The van der Waals surface area contributed by atoms with Crippen molar-refractivity contribution in [3.63, 3.8) is 0 Å². The molecule has 0 radical (unpaired) electrons. The molecule has 1 amide bonds. The Bertz CT molecular complexity index is 434. The zero-order chi connectivity index (χ0) is 12.5. The predicted molar refractivity (Wildman–Crippen MR) is 60.5 cm³/mol. The number of phenolic OH excluding ortho intramolecular Hbond substituents is 1. The van der Waals surface area contributed by atoms with Crippen molar-refractivity contribution in [1.82, 2.24) is 4.90 Å². The third-order valence-corrected chi connectivity index (χ3v) is 2.74. The van der Waals surface area contributed by atoms with Gasteiger partial charge in [0.15, 0.2) is 5.60 Å². The zero-order valence-electron chi connectivity index (χ0n) is 9.59. The van der Waals surface area contributed by atoms with E-state index >= 15 is 0 Å². The summed E-state index contributed by atoms with van der Waals surface area (Å²) in [7, 11) is 0. The summed E-state index contributed by atoms with van der Waals surface area (Å²) in [6, 6.07) is 6.71. The monoisotopic (exact) mass is 237 g/mol. The highest BCUT2D eigenvalue weighted by Gasteiger charge is 2.40. The van der Waals surface area contributed by atoms with Gasteiger partial charge in [0.05, 0.1) is 13.2 Å². The lowest BCUT2D eigenvalue weighted by Gasteiger charge is -2.18. The van der Waals surface area contributed by atoms with Crippen molar-refractivity contribution in [3.8, 4) is 5.75 Å². The zero-order valence-corrected chi connectivity index (χ0v) is 9.59. The molecular weight excluding hydrogens is 222 g/mol. The molecule has 0 saturated carbocycles. The normalized spacial score (nSPS) is 23.9. The maximum absolute atomic E-state index is 11.6. The number of aliphatic hydroxyl groups excluding tert-OH is 1. The van der Waals surface area contributed by atoms with Gasteiger partial charge in [0, 0.05) is 6.54 Å². The van der Waals surface area contributed by atoms with E-state index in [0.717, 1.165) is 5.56 Å². The quantitative estimate of drug-likeness (QED) is 0.825. The summed E-state index contributed by atoms with van der Waals surface area (Å²) in [5.41, 5.74) is -0.00221. The van der Waals surface area contributed by atoms with Crippen LogP contribution in [0.1, 0.15) is 12.5 Å². The van der Waals surface area contributed by atoms with Crippen LogP contribution in [-0.4, -0.2) is 40.0 Å². The van der Waals surface area contributed by atoms with Gasteiger partial charge in [-0.15, -0.1) is 0 Å². The Balaban J connectivity index is 2.08. The van der Waals surface area contributed by atoms with Gasteiger partial charge in [-0.3, -0.25) is 4.90 Å². The highest BCUT2D eigenvalue weighted by molar-refractivity contribution is 5.70. The van der Waals surface area contributed by atoms with Crippen molar-refractivity contribution < 1.29 is 19.7 Å². The molecule has 1 unspecified atom stereocenters. The lowest BCUT2D eigenvalue weighted by molar-refractivity contribution is 0.0219. The Morgan fingerprint density at radius 3 is 2.88 bits per heavy atom. The average Bonchev–Trinajstić information content (AvgIpc) is 2.55. The molecule has 1 aromatic rings. The van der Waals surface area contributed by atoms with Crippen molar-refractivity contribution in [1.29, 1.82) is 0 Å². The largest absolute Gasteiger partial charge is 0.508 e. The first-order chi connectivity index (χ1) is 8.02. The summed E-state index contributed by atoms with van der Waals surface area (Å²) in [6.45, 7) is 2.20. The van der Waals surface area contributed by atoms with Gasteiger partial charge >= 0.3 is 6.09 Å². The van der Waals surface area contributed by atoms with Crippen LogP contribution in [0, 0.1) is 0 Å². The number of nitrogens with zero attached hydrogens (tertiary/aromatic N) is 1. The van der Waals surface area contributed by atoms with Crippen LogP contribution in [0.2, 0.25) is 0 Å². The summed E-state index contributed by atoms with van der Waals surface area (Å²) in [5, 5.41) is 18.5. The van der Waals surface area contributed by atoms with Gasteiger partial charge in [-0.25, -0.2) is 4.79 Å². The van der Waals surface area contributed by atoms with Gasteiger partial charge in [0.2, 0.25) is 0 Å². The van der Waals surface area contributed by atoms with Crippen LogP contribution in [0.5, 0.6) is 5.75 Å². The minimum absolute atomic E-state index is 0.167. The Morgan fingerprint density at radius 2 is 2.29 bits per heavy atom. The van der Waals surface area contributed by atoms with Crippen LogP contribution in [0.15, 0.2) is 24.3 Å². The van der Waals surface area contributed by atoms with E-state index in [1.165, 1.54) is 4.90 Å². The fourth-order valence-electron chi connectivity index (χ4n) is 1.85. The van der Waals surface area contributed by atoms with E-state index in [4.69, 9.17) is 9.84 Å². The number of carbonyl (C=O) groups excluding carboxylic acids is 1. The van der Waals surface area contributed by atoms with Crippen molar-refractivity contribution in [2.75, 3.05) is 13.2 Å². The fourth-order valence-corrected chi connectivity index (χ4v) is 1.85. The Labute approximate surface area is 99.2 Å². The summed E-state index contributed by atoms with van der Waals surface area (Å²) in [6.07, 6.45) is -0.440. The van der Waals surface area contributed by atoms with Crippen LogP contribution in [-0.2, 0) is 11.3 Å². The van der Waals surface area contributed by atoms with E-state index in [1.54, 1.807) is 25.1 Å². The number of hydrogen-bond donors (Lipinski definition) is 2. The second-order valence-corrected chi connectivity index (χ2v) is 4.50. The SMILES string of the molecule is CC1(CO)CN(Cc2cccc(O)c2)C(=O)O1. The van der Waals surface area contributed by atoms with Gasteiger partial charge in [-0.1, -0.05) is 12.1 Å². The molecule has 0 aliphatic carbocycles. The summed E-state index contributed by atoms with van der Waals surface area (Å²) in [5.74, 6) is 0.167. The first-order valence-electron chi connectivity index (χ1n) is 5.39. The van der Waals surface area contributed by atoms with E-state index in [9.17, 15) is 9.90 Å². The Morgan fingerprint density at radius 1 is 1.53 bits per heavy atom. The number of carbonyl (C=O) groups is 1. The van der Waals surface area contributed by atoms with Gasteiger partial charge < -0.3 is 14.9 Å². The maximum Gasteiger partial charge on any atom is 0.410 e. The lowest BCUT2D eigenvalue weighted by Crippen LogP contribution is -2.34. The van der Waals surface area contributed by atoms with Crippen LogP contribution in [0.25, 0.3) is 0 Å². The molecule has 92 valence electrons. The van der Waals surface area contributed by atoms with Gasteiger partial charge in [-0.2, -0.15) is 0 Å². The highest BCUT2D eigenvalue weighted by atomic mass is 16.6. The minimum atomic E-state index is -0.825. The molecule has 0 bridgehead atoms. The molecule has 1 aliphatic rings. The third-order valence-electron chi connectivity index (χ3n) is 2.74. The number of ether oxygens (including phenoxy) is 1. The predicted octanol–water partition coefficient (Wildman–Crippen LogP) is 1.10. The summed E-state index contributed by atoms with van der Waals surface area (Å²) in [4.78, 5) is 13.1. The van der Waals surface area contributed by atoms with Gasteiger partial charge in [0.25, 0.3) is 0 Å². The maximum atomic E-state index is 11.6. The van der Waals surface area contributed by atoms with E-state index in [0.29, 0.717) is 13.1 Å². The van der Waals surface area contributed by atoms with E-state index in [-0.39, 0.29) is 12.4 Å². The number of hydrogen-bond acceptors (Lipinski definition) is 4. The van der Waals surface area contributed by atoms with E-state index < -0.39 is 11.7 Å². The van der Waals surface area contributed by atoms with E-state index in [2.05, 4.69) is 0 Å². The highest BCUT2D eigenvalue weighted by Crippen LogP contribution is 2.24. The molecule has 1 saturated heterocycles.